The van der Waals surface area contributed by atoms with Gasteiger partial charge in [-0.05, 0) is 36.8 Å². The van der Waals surface area contributed by atoms with E-state index in [4.69, 9.17) is 0 Å². The van der Waals surface area contributed by atoms with E-state index in [9.17, 15) is 9.59 Å². The van der Waals surface area contributed by atoms with Gasteiger partial charge in [-0.25, -0.2) is 0 Å². The average molecular weight is 286 g/mol. The summed E-state index contributed by atoms with van der Waals surface area (Å²) < 4.78 is 1.58. The minimum atomic E-state index is -0.162. The molecule has 2 rings (SSSR count). The largest absolute Gasteiger partial charge is 0.345 e. The summed E-state index contributed by atoms with van der Waals surface area (Å²) in [6.45, 7) is 2.08. The molecule has 0 aliphatic rings. The van der Waals surface area contributed by atoms with E-state index in [1.54, 1.807) is 55.4 Å². The molecule has 1 aromatic heterocycles. The molecular formula is C15H18N4O2. The monoisotopic (exact) mass is 286 g/mol. The van der Waals surface area contributed by atoms with Crippen molar-refractivity contribution in [2.24, 2.45) is 0 Å². The first-order chi connectivity index (χ1) is 9.95. The zero-order valence-electron chi connectivity index (χ0n) is 12.3. The van der Waals surface area contributed by atoms with Gasteiger partial charge in [0.25, 0.3) is 5.91 Å². The highest BCUT2D eigenvalue weighted by Gasteiger charge is 2.08. The number of carbonyl (C=O) groups is 2. The number of aryl methyl sites for hydroxylation is 1. The number of benzene rings is 1. The third-order valence-corrected chi connectivity index (χ3v) is 2.89. The van der Waals surface area contributed by atoms with Crippen LogP contribution in [0.2, 0.25) is 0 Å². The highest BCUT2D eigenvalue weighted by atomic mass is 16.2. The molecule has 0 aliphatic carbocycles. The van der Waals surface area contributed by atoms with E-state index in [0.29, 0.717) is 11.3 Å². The topological polar surface area (TPSA) is 67.2 Å². The molecule has 0 atom stereocenters. The van der Waals surface area contributed by atoms with Gasteiger partial charge in [-0.1, -0.05) is 0 Å². The van der Waals surface area contributed by atoms with E-state index >= 15 is 0 Å². The van der Waals surface area contributed by atoms with Crippen LogP contribution < -0.4 is 5.32 Å². The summed E-state index contributed by atoms with van der Waals surface area (Å²) in [6.07, 6.45) is 3.51. The second-order valence-corrected chi connectivity index (χ2v) is 5.04. The lowest BCUT2D eigenvalue weighted by molar-refractivity contribution is -0.116. The number of hydrogen-bond donors (Lipinski definition) is 1. The Hall–Kier alpha value is -2.63. The van der Waals surface area contributed by atoms with Crippen LogP contribution in [0.5, 0.6) is 0 Å². The summed E-state index contributed by atoms with van der Waals surface area (Å²) >= 11 is 0. The number of carbonyl (C=O) groups excluding carboxylic acids is 2. The predicted octanol–water partition coefficient (Wildman–Crippen LogP) is 1.53. The molecule has 0 unspecified atom stereocenters. The molecule has 21 heavy (non-hydrogen) atoms. The third kappa shape index (κ3) is 3.92. The zero-order valence-corrected chi connectivity index (χ0v) is 12.3. The Labute approximate surface area is 123 Å². The molecule has 1 aromatic carbocycles. The summed E-state index contributed by atoms with van der Waals surface area (Å²) in [6, 6.07) is 6.80. The van der Waals surface area contributed by atoms with Crippen molar-refractivity contribution >= 4 is 17.5 Å². The van der Waals surface area contributed by atoms with Gasteiger partial charge in [-0.15, -0.1) is 0 Å². The van der Waals surface area contributed by atoms with Crippen LogP contribution in [0.15, 0.2) is 36.7 Å². The maximum atomic E-state index is 11.9. The summed E-state index contributed by atoms with van der Waals surface area (Å²) in [5.74, 6) is -0.232. The van der Waals surface area contributed by atoms with Crippen molar-refractivity contribution in [1.29, 1.82) is 0 Å². The number of anilines is 1. The maximum Gasteiger partial charge on any atom is 0.253 e. The third-order valence-electron chi connectivity index (χ3n) is 2.89. The van der Waals surface area contributed by atoms with E-state index in [0.717, 1.165) is 5.56 Å². The highest BCUT2D eigenvalue weighted by molar-refractivity contribution is 5.95. The molecule has 6 nitrogen and oxygen atoms in total. The number of nitrogens with zero attached hydrogens (tertiary/aromatic N) is 3. The van der Waals surface area contributed by atoms with Crippen molar-refractivity contribution in [3.63, 3.8) is 0 Å². The van der Waals surface area contributed by atoms with Gasteiger partial charge < -0.3 is 10.2 Å². The number of nitrogens with one attached hydrogen (secondary N) is 1. The molecule has 0 saturated carbocycles. The zero-order chi connectivity index (χ0) is 15.4. The maximum absolute atomic E-state index is 11.9. The molecule has 0 aliphatic heterocycles. The number of aromatic nitrogens is 2. The van der Waals surface area contributed by atoms with Crippen LogP contribution >= 0.6 is 0 Å². The average Bonchev–Trinajstić information content (AvgIpc) is 2.83. The molecule has 0 saturated heterocycles. The molecule has 0 spiro atoms. The summed E-state index contributed by atoms with van der Waals surface area (Å²) in [5.41, 5.74) is 2.24. The first kappa shape index (κ1) is 14.8. The van der Waals surface area contributed by atoms with Crippen molar-refractivity contribution in [3.05, 3.63) is 47.8 Å². The van der Waals surface area contributed by atoms with Crippen LogP contribution in [0.4, 0.5) is 5.69 Å². The van der Waals surface area contributed by atoms with Gasteiger partial charge in [0.2, 0.25) is 5.91 Å². The second-order valence-electron chi connectivity index (χ2n) is 5.04. The minimum Gasteiger partial charge on any atom is -0.345 e. The molecule has 1 N–H and O–H groups in total. The van der Waals surface area contributed by atoms with E-state index < -0.39 is 0 Å². The second kappa shape index (κ2) is 6.21. The smallest absolute Gasteiger partial charge is 0.253 e. The molecule has 2 amide bonds. The number of rotatable bonds is 4. The van der Waals surface area contributed by atoms with Crippen LogP contribution in [0.1, 0.15) is 15.9 Å². The molecule has 0 bridgehead atoms. The Kier molecular flexibility index (Phi) is 4.37. The Morgan fingerprint density at radius 3 is 2.43 bits per heavy atom. The molecule has 6 heteroatoms. The summed E-state index contributed by atoms with van der Waals surface area (Å²) in [7, 11) is 3.40. The van der Waals surface area contributed by atoms with Gasteiger partial charge in [0, 0.05) is 31.5 Å². The lowest BCUT2D eigenvalue weighted by atomic mass is 10.2. The quantitative estimate of drug-likeness (QED) is 0.927. The van der Waals surface area contributed by atoms with Crippen LogP contribution in [-0.2, 0) is 11.3 Å². The summed E-state index contributed by atoms with van der Waals surface area (Å²) in [5, 5.41) is 6.83. The fraction of sp³-hybridized carbons (Fsp3) is 0.267. The lowest BCUT2D eigenvalue weighted by Crippen LogP contribution is -2.22. The molecular weight excluding hydrogens is 268 g/mol. The Bertz CT molecular complexity index is 644. The van der Waals surface area contributed by atoms with Crippen molar-refractivity contribution in [2.75, 3.05) is 19.4 Å². The lowest BCUT2D eigenvalue weighted by Gasteiger charge is -2.11. The van der Waals surface area contributed by atoms with Gasteiger partial charge in [-0.3, -0.25) is 14.3 Å². The van der Waals surface area contributed by atoms with Gasteiger partial charge >= 0.3 is 0 Å². The van der Waals surface area contributed by atoms with Crippen LogP contribution in [0.3, 0.4) is 0 Å². The predicted molar refractivity (Wildman–Crippen MR) is 80.1 cm³/mol. The van der Waals surface area contributed by atoms with Crippen molar-refractivity contribution in [2.45, 2.75) is 13.5 Å². The van der Waals surface area contributed by atoms with E-state index in [2.05, 4.69) is 10.4 Å². The van der Waals surface area contributed by atoms with Gasteiger partial charge in [0.1, 0.15) is 6.54 Å². The molecule has 0 radical (unpaired) electrons. The van der Waals surface area contributed by atoms with Gasteiger partial charge in [-0.2, -0.15) is 5.10 Å². The Morgan fingerprint density at radius 1 is 1.24 bits per heavy atom. The SMILES string of the molecule is Cc1cnn(CC(=O)Nc2ccc(C(=O)N(C)C)cc2)c1. The fourth-order valence-electron chi connectivity index (χ4n) is 1.86. The van der Waals surface area contributed by atoms with E-state index in [-0.39, 0.29) is 18.4 Å². The van der Waals surface area contributed by atoms with Crippen molar-refractivity contribution in [1.82, 2.24) is 14.7 Å². The first-order valence-electron chi connectivity index (χ1n) is 6.56. The fourth-order valence-corrected chi connectivity index (χ4v) is 1.86. The molecule has 2 aromatic rings. The number of amides is 2. The minimum absolute atomic E-state index is 0.0695. The van der Waals surface area contributed by atoms with Crippen molar-refractivity contribution in [3.8, 4) is 0 Å². The normalized spacial score (nSPS) is 10.2. The Balaban J connectivity index is 1.97. The van der Waals surface area contributed by atoms with Crippen LogP contribution in [-0.4, -0.2) is 40.6 Å². The van der Waals surface area contributed by atoms with Crippen LogP contribution in [0, 0.1) is 6.92 Å². The molecule has 1 heterocycles. The van der Waals surface area contributed by atoms with Gasteiger partial charge in [0.15, 0.2) is 0 Å². The first-order valence-corrected chi connectivity index (χ1v) is 6.56. The van der Waals surface area contributed by atoms with Crippen LogP contribution in [0.25, 0.3) is 0 Å². The summed E-state index contributed by atoms with van der Waals surface area (Å²) in [4.78, 5) is 25.1. The Morgan fingerprint density at radius 2 is 1.90 bits per heavy atom. The standard InChI is InChI=1S/C15H18N4O2/c1-11-8-16-19(9-11)10-14(20)17-13-6-4-12(5-7-13)15(21)18(2)3/h4-9H,10H2,1-3H3,(H,17,20). The van der Waals surface area contributed by atoms with Gasteiger partial charge in [0.05, 0.1) is 6.20 Å². The number of hydrogen-bond acceptors (Lipinski definition) is 3. The van der Waals surface area contributed by atoms with Crippen molar-refractivity contribution < 1.29 is 9.59 Å². The molecule has 110 valence electrons. The highest BCUT2D eigenvalue weighted by Crippen LogP contribution is 2.11. The van der Waals surface area contributed by atoms with E-state index in [1.165, 1.54) is 4.90 Å². The van der Waals surface area contributed by atoms with E-state index in [1.807, 2.05) is 6.92 Å². The molecule has 0 fully saturated rings.